The molecule has 3 aromatic rings. The van der Waals surface area contributed by atoms with Crippen LogP contribution < -0.4 is 14.8 Å². The second kappa shape index (κ2) is 10.7. The van der Waals surface area contributed by atoms with Crippen LogP contribution in [0.4, 0.5) is 5.13 Å². The number of aryl methyl sites for hydroxylation is 1. The van der Waals surface area contributed by atoms with E-state index >= 15 is 0 Å². The summed E-state index contributed by atoms with van der Waals surface area (Å²) < 4.78 is 10.8. The molecule has 0 radical (unpaired) electrons. The number of nitrogens with one attached hydrogen (secondary N) is 1. The molecule has 7 heteroatoms. The molecule has 6 nitrogen and oxygen atoms in total. The molecule has 1 aromatic heterocycles. The number of benzene rings is 2. The van der Waals surface area contributed by atoms with E-state index in [1.807, 2.05) is 45.0 Å². The SMILES string of the molecule is CCOc1ccc(C(=O)CCC(=O)Nc2nc(-c3ccc(OCC)cc3)c(C)s2)cc1. The second-order valence-electron chi connectivity index (χ2n) is 6.81. The van der Waals surface area contributed by atoms with Gasteiger partial charge in [0.15, 0.2) is 10.9 Å². The van der Waals surface area contributed by atoms with Crippen LogP contribution in [0.1, 0.15) is 41.9 Å². The van der Waals surface area contributed by atoms with Gasteiger partial charge in [0.05, 0.1) is 18.9 Å². The second-order valence-corrected chi connectivity index (χ2v) is 8.01. The Labute approximate surface area is 186 Å². The highest BCUT2D eigenvalue weighted by atomic mass is 32.1. The summed E-state index contributed by atoms with van der Waals surface area (Å²) in [5.41, 5.74) is 2.36. The van der Waals surface area contributed by atoms with E-state index < -0.39 is 0 Å². The molecule has 1 N–H and O–H groups in total. The fourth-order valence-corrected chi connectivity index (χ4v) is 3.90. The van der Waals surface area contributed by atoms with Crippen LogP contribution in [0.25, 0.3) is 11.3 Å². The van der Waals surface area contributed by atoms with Crippen LogP contribution in [0.15, 0.2) is 48.5 Å². The maximum atomic E-state index is 12.3. The number of anilines is 1. The Hall–Kier alpha value is -3.19. The van der Waals surface area contributed by atoms with Gasteiger partial charge < -0.3 is 14.8 Å². The lowest BCUT2D eigenvalue weighted by molar-refractivity contribution is -0.116. The quantitative estimate of drug-likeness (QED) is 0.422. The lowest BCUT2D eigenvalue weighted by atomic mass is 10.1. The van der Waals surface area contributed by atoms with Crippen molar-refractivity contribution >= 4 is 28.2 Å². The molecule has 0 saturated carbocycles. The predicted octanol–water partition coefficient (Wildman–Crippen LogP) is 5.52. The monoisotopic (exact) mass is 438 g/mol. The Morgan fingerprint density at radius 3 is 2.06 bits per heavy atom. The van der Waals surface area contributed by atoms with E-state index in [2.05, 4.69) is 10.3 Å². The maximum Gasteiger partial charge on any atom is 0.226 e. The van der Waals surface area contributed by atoms with Crippen molar-refractivity contribution in [2.24, 2.45) is 0 Å². The lowest BCUT2D eigenvalue weighted by Crippen LogP contribution is -2.13. The van der Waals surface area contributed by atoms with Crippen molar-refractivity contribution in [2.45, 2.75) is 33.6 Å². The number of hydrogen-bond acceptors (Lipinski definition) is 6. The first kappa shape index (κ1) is 22.5. The number of ketones is 1. The Morgan fingerprint density at radius 1 is 0.903 bits per heavy atom. The molecule has 0 atom stereocenters. The first-order valence-electron chi connectivity index (χ1n) is 10.3. The molecule has 31 heavy (non-hydrogen) atoms. The molecule has 0 aliphatic carbocycles. The van der Waals surface area contributed by atoms with Crippen molar-refractivity contribution in [1.82, 2.24) is 4.98 Å². The van der Waals surface area contributed by atoms with Gasteiger partial charge in [0.2, 0.25) is 5.91 Å². The Bertz CT molecular complexity index is 1030. The van der Waals surface area contributed by atoms with Crippen molar-refractivity contribution in [2.75, 3.05) is 18.5 Å². The van der Waals surface area contributed by atoms with Crippen LogP contribution in [-0.2, 0) is 4.79 Å². The van der Waals surface area contributed by atoms with E-state index in [1.165, 1.54) is 11.3 Å². The number of Topliss-reactive ketones (excluding diaryl/α,β-unsaturated/α-hetero) is 1. The van der Waals surface area contributed by atoms with Gasteiger partial charge in [-0.05, 0) is 69.3 Å². The van der Waals surface area contributed by atoms with Crippen molar-refractivity contribution in [3.8, 4) is 22.8 Å². The minimum Gasteiger partial charge on any atom is -0.494 e. The summed E-state index contributed by atoms with van der Waals surface area (Å²) in [6, 6.07) is 14.7. The summed E-state index contributed by atoms with van der Waals surface area (Å²) in [5.74, 6) is 1.22. The molecule has 0 spiro atoms. The number of thiazole rings is 1. The van der Waals surface area contributed by atoms with Gasteiger partial charge in [-0.25, -0.2) is 4.98 Å². The van der Waals surface area contributed by atoms with E-state index in [4.69, 9.17) is 9.47 Å². The van der Waals surface area contributed by atoms with Crippen molar-refractivity contribution < 1.29 is 19.1 Å². The van der Waals surface area contributed by atoms with Gasteiger partial charge >= 0.3 is 0 Å². The van der Waals surface area contributed by atoms with Crippen molar-refractivity contribution in [1.29, 1.82) is 0 Å². The standard InChI is InChI=1S/C24H26N2O4S/c1-4-29-19-10-6-17(7-11-19)21(27)14-15-22(28)25-24-26-23(16(3)31-24)18-8-12-20(13-9-18)30-5-2/h6-13H,4-5,14-15H2,1-3H3,(H,25,26,28). The van der Waals surface area contributed by atoms with Crippen LogP contribution >= 0.6 is 11.3 Å². The van der Waals surface area contributed by atoms with Gasteiger partial charge in [-0.3, -0.25) is 9.59 Å². The van der Waals surface area contributed by atoms with Crippen molar-refractivity contribution in [3.63, 3.8) is 0 Å². The lowest BCUT2D eigenvalue weighted by Gasteiger charge is -2.05. The van der Waals surface area contributed by atoms with Gasteiger partial charge in [0.25, 0.3) is 0 Å². The zero-order valence-electron chi connectivity index (χ0n) is 17.9. The normalized spacial score (nSPS) is 10.5. The van der Waals surface area contributed by atoms with Crippen molar-refractivity contribution in [3.05, 3.63) is 59.0 Å². The van der Waals surface area contributed by atoms with E-state index in [1.54, 1.807) is 24.3 Å². The molecule has 0 aliphatic rings. The van der Waals surface area contributed by atoms with E-state index in [0.29, 0.717) is 23.9 Å². The summed E-state index contributed by atoms with van der Waals surface area (Å²) >= 11 is 1.42. The molecule has 0 aliphatic heterocycles. The number of carbonyl (C=O) groups excluding carboxylic acids is 2. The summed E-state index contributed by atoms with van der Waals surface area (Å²) in [6.45, 7) is 7.01. The highest BCUT2D eigenvalue weighted by molar-refractivity contribution is 7.16. The summed E-state index contributed by atoms with van der Waals surface area (Å²) in [5, 5.41) is 3.34. The number of amides is 1. The fourth-order valence-electron chi connectivity index (χ4n) is 3.05. The van der Waals surface area contributed by atoms with Gasteiger partial charge in [-0.15, -0.1) is 11.3 Å². The van der Waals surface area contributed by atoms with Gasteiger partial charge in [-0.1, -0.05) is 0 Å². The van der Waals surface area contributed by atoms with E-state index in [-0.39, 0.29) is 24.5 Å². The number of rotatable bonds is 10. The molecule has 1 amide bonds. The molecule has 0 saturated heterocycles. The predicted molar refractivity (Wildman–Crippen MR) is 123 cm³/mol. The van der Waals surface area contributed by atoms with Gasteiger partial charge in [-0.2, -0.15) is 0 Å². The summed E-state index contributed by atoms with van der Waals surface area (Å²) in [6.07, 6.45) is 0.235. The Kier molecular flexibility index (Phi) is 7.78. The van der Waals surface area contributed by atoms with Crippen LogP contribution in [0, 0.1) is 6.92 Å². The minimum absolute atomic E-state index is 0.0800. The minimum atomic E-state index is -0.230. The largest absolute Gasteiger partial charge is 0.494 e. The maximum absolute atomic E-state index is 12.3. The third-order valence-corrected chi connectivity index (χ3v) is 5.43. The smallest absolute Gasteiger partial charge is 0.226 e. The fraction of sp³-hybridized carbons (Fsp3) is 0.292. The first-order valence-corrected chi connectivity index (χ1v) is 11.1. The molecule has 1 heterocycles. The molecular formula is C24H26N2O4S. The number of carbonyl (C=O) groups is 2. The molecule has 3 rings (SSSR count). The highest BCUT2D eigenvalue weighted by Crippen LogP contribution is 2.31. The highest BCUT2D eigenvalue weighted by Gasteiger charge is 2.14. The number of aromatic nitrogens is 1. The van der Waals surface area contributed by atoms with Crippen LogP contribution in [-0.4, -0.2) is 29.9 Å². The third-order valence-electron chi connectivity index (χ3n) is 4.55. The first-order chi connectivity index (χ1) is 15.0. The molecule has 0 unspecified atom stereocenters. The number of nitrogens with zero attached hydrogens (tertiary/aromatic N) is 1. The number of hydrogen-bond donors (Lipinski definition) is 1. The molecular weight excluding hydrogens is 412 g/mol. The van der Waals surface area contributed by atoms with E-state index in [0.717, 1.165) is 27.6 Å². The van der Waals surface area contributed by atoms with Crippen LogP contribution in [0.5, 0.6) is 11.5 Å². The van der Waals surface area contributed by atoms with E-state index in [9.17, 15) is 9.59 Å². The Balaban J connectivity index is 1.55. The van der Waals surface area contributed by atoms with Crippen LogP contribution in [0.3, 0.4) is 0 Å². The summed E-state index contributed by atoms with van der Waals surface area (Å²) in [4.78, 5) is 30.2. The van der Waals surface area contributed by atoms with Gasteiger partial charge in [0.1, 0.15) is 11.5 Å². The average Bonchev–Trinajstić information content (AvgIpc) is 3.13. The molecule has 0 fully saturated rings. The topological polar surface area (TPSA) is 77.5 Å². The zero-order valence-corrected chi connectivity index (χ0v) is 18.8. The average molecular weight is 439 g/mol. The number of ether oxygens (including phenoxy) is 2. The molecule has 162 valence electrons. The molecule has 2 aromatic carbocycles. The third kappa shape index (κ3) is 6.15. The zero-order chi connectivity index (χ0) is 22.2. The van der Waals surface area contributed by atoms with Gasteiger partial charge in [0, 0.05) is 28.8 Å². The molecule has 0 bridgehead atoms. The summed E-state index contributed by atoms with van der Waals surface area (Å²) in [7, 11) is 0. The van der Waals surface area contributed by atoms with Crippen LogP contribution in [0.2, 0.25) is 0 Å². The Morgan fingerprint density at radius 2 is 1.48 bits per heavy atom.